The summed E-state index contributed by atoms with van der Waals surface area (Å²) in [5.41, 5.74) is 0. The van der Waals surface area contributed by atoms with Crippen LogP contribution in [0.4, 0.5) is 0 Å². The lowest BCUT2D eigenvalue weighted by Crippen LogP contribution is -2.01. The molecule has 0 amide bonds. The van der Waals surface area contributed by atoms with Crippen molar-refractivity contribution >= 4 is 0 Å². The Morgan fingerprint density at radius 2 is 1.27 bits per heavy atom. The van der Waals surface area contributed by atoms with Crippen molar-refractivity contribution in [2.75, 3.05) is 0 Å². The van der Waals surface area contributed by atoms with Crippen LogP contribution in [-0.4, -0.2) is 12.2 Å². The van der Waals surface area contributed by atoms with Crippen LogP contribution in [0, 0.1) is 11.8 Å². The zero-order valence-corrected chi connectivity index (χ0v) is 8.13. The summed E-state index contributed by atoms with van der Waals surface area (Å²) in [6, 6.07) is 0. The van der Waals surface area contributed by atoms with Crippen LogP contribution in [0.25, 0.3) is 0 Å². The highest BCUT2D eigenvalue weighted by Crippen LogP contribution is 2.32. The van der Waals surface area contributed by atoms with Crippen LogP contribution in [0.5, 0.6) is 0 Å². The average Bonchev–Trinajstić information content (AvgIpc) is 2.43. The van der Waals surface area contributed by atoms with Crippen molar-refractivity contribution < 1.29 is 4.74 Å². The molecule has 1 saturated heterocycles. The van der Waals surface area contributed by atoms with E-state index in [-0.39, 0.29) is 0 Å². The first-order valence-corrected chi connectivity index (χ1v) is 4.75. The van der Waals surface area contributed by atoms with E-state index in [2.05, 4.69) is 27.7 Å². The first-order valence-electron chi connectivity index (χ1n) is 4.75. The second kappa shape index (κ2) is 3.57. The van der Waals surface area contributed by atoms with E-state index in [9.17, 15) is 0 Å². The molecule has 1 fully saturated rings. The molecule has 1 rings (SSSR count). The summed E-state index contributed by atoms with van der Waals surface area (Å²) in [6.07, 6.45) is 3.68. The van der Waals surface area contributed by atoms with Gasteiger partial charge in [-0.05, 0) is 24.7 Å². The highest BCUT2D eigenvalue weighted by Gasteiger charge is 2.38. The van der Waals surface area contributed by atoms with Crippen LogP contribution in [0.1, 0.15) is 40.5 Å². The van der Waals surface area contributed by atoms with E-state index in [1.165, 1.54) is 12.8 Å². The van der Waals surface area contributed by atoms with Crippen molar-refractivity contribution in [3.05, 3.63) is 0 Å². The van der Waals surface area contributed by atoms with Gasteiger partial charge in [0.1, 0.15) is 0 Å². The Bertz CT molecular complexity index is 104. The largest absolute Gasteiger partial charge is 0.370 e. The quantitative estimate of drug-likeness (QED) is 0.570. The highest BCUT2D eigenvalue weighted by molar-refractivity contribution is 4.85. The summed E-state index contributed by atoms with van der Waals surface area (Å²) in [5, 5.41) is 0. The van der Waals surface area contributed by atoms with Crippen molar-refractivity contribution in [3.8, 4) is 0 Å². The lowest BCUT2D eigenvalue weighted by Gasteiger charge is -2.01. The molecule has 1 aliphatic heterocycles. The Labute approximate surface area is 70.1 Å². The molecule has 2 atom stereocenters. The minimum absolute atomic E-state index is 0.595. The first-order chi connectivity index (χ1) is 5.09. The predicted octanol–water partition coefficient (Wildman–Crippen LogP) is 2.85. The van der Waals surface area contributed by atoms with Gasteiger partial charge in [-0.25, -0.2) is 0 Å². The van der Waals surface area contributed by atoms with E-state index in [0.29, 0.717) is 12.2 Å². The van der Waals surface area contributed by atoms with E-state index in [4.69, 9.17) is 4.74 Å². The summed E-state index contributed by atoms with van der Waals surface area (Å²) in [6.45, 7) is 9.03. The first kappa shape index (κ1) is 9.05. The molecule has 0 aliphatic carbocycles. The molecule has 0 bridgehead atoms. The van der Waals surface area contributed by atoms with E-state index >= 15 is 0 Å². The number of hydrogen-bond acceptors (Lipinski definition) is 1. The molecule has 11 heavy (non-hydrogen) atoms. The normalized spacial score (nSPS) is 30.0. The second-order valence-corrected chi connectivity index (χ2v) is 4.47. The molecular formula is C10H20O. The Balaban J connectivity index is 2.07. The minimum Gasteiger partial charge on any atom is -0.370 e. The van der Waals surface area contributed by atoms with Crippen molar-refractivity contribution in [2.24, 2.45) is 11.8 Å². The third-order valence-corrected chi connectivity index (χ3v) is 2.10. The topological polar surface area (TPSA) is 12.5 Å². The maximum Gasteiger partial charge on any atom is 0.0844 e. The van der Waals surface area contributed by atoms with Gasteiger partial charge in [-0.15, -0.1) is 0 Å². The van der Waals surface area contributed by atoms with Crippen LogP contribution in [0.3, 0.4) is 0 Å². The third-order valence-electron chi connectivity index (χ3n) is 2.10. The van der Waals surface area contributed by atoms with Gasteiger partial charge in [0.25, 0.3) is 0 Å². The minimum atomic E-state index is 0.595. The maximum atomic E-state index is 5.54. The van der Waals surface area contributed by atoms with Gasteiger partial charge in [0.2, 0.25) is 0 Å². The fourth-order valence-electron chi connectivity index (χ4n) is 1.52. The number of rotatable bonds is 4. The molecule has 0 N–H and O–H groups in total. The predicted molar refractivity (Wildman–Crippen MR) is 47.6 cm³/mol. The summed E-state index contributed by atoms with van der Waals surface area (Å²) in [4.78, 5) is 0. The molecule has 0 aromatic rings. The van der Waals surface area contributed by atoms with Crippen LogP contribution in [0.15, 0.2) is 0 Å². The van der Waals surface area contributed by atoms with Crippen molar-refractivity contribution in [2.45, 2.75) is 52.7 Å². The number of epoxide rings is 1. The van der Waals surface area contributed by atoms with Crippen molar-refractivity contribution in [1.82, 2.24) is 0 Å². The monoisotopic (exact) mass is 156 g/mol. The molecule has 1 aliphatic rings. The standard InChI is InChI=1S/C10H20O/c1-7(2)5-9-10(11-9)6-8(3)4/h7-10H,5-6H2,1-4H3/t9-,10?/m0/s1. The second-order valence-electron chi connectivity index (χ2n) is 4.47. The van der Waals surface area contributed by atoms with Gasteiger partial charge in [-0.3, -0.25) is 0 Å². The average molecular weight is 156 g/mol. The summed E-state index contributed by atoms with van der Waals surface area (Å²) >= 11 is 0. The molecule has 0 spiro atoms. The van der Waals surface area contributed by atoms with Gasteiger partial charge < -0.3 is 4.74 Å². The van der Waals surface area contributed by atoms with Crippen LogP contribution in [0.2, 0.25) is 0 Å². The lowest BCUT2D eigenvalue weighted by atomic mass is 10.0. The fourth-order valence-corrected chi connectivity index (χ4v) is 1.52. The lowest BCUT2D eigenvalue weighted by molar-refractivity contribution is 0.330. The van der Waals surface area contributed by atoms with E-state index in [1.54, 1.807) is 0 Å². The molecular weight excluding hydrogens is 136 g/mol. The zero-order chi connectivity index (χ0) is 8.43. The number of ether oxygens (including phenoxy) is 1. The van der Waals surface area contributed by atoms with E-state index in [1.807, 2.05) is 0 Å². The number of hydrogen-bond donors (Lipinski definition) is 0. The summed E-state index contributed by atoms with van der Waals surface area (Å²) in [5.74, 6) is 1.58. The Hall–Kier alpha value is -0.0400. The molecule has 66 valence electrons. The van der Waals surface area contributed by atoms with Crippen LogP contribution in [-0.2, 0) is 4.74 Å². The molecule has 0 aromatic carbocycles. The van der Waals surface area contributed by atoms with Gasteiger partial charge in [-0.2, -0.15) is 0 Å². The molecule has 1 unspecified atom stereocenters. The summed E-state index contributed by atoms with van der Waals surface area (Å²) in [7, 11) is 0. The Morgan fingerprint density at radius 3 is 1.55 bits per heavy atom. The van der Waals surface area contributed by atoms with Crippen molar-refractivity contribution in [1.29, 1.82) is 0 Å². The van der Waals surface area contributed by atoms with Gasteiger partial charge in [0, 0.05) is 0 Å². The Kier molecular flexibility index (Phi) is 2.94. The molecule has 0 radical (unpaired) electrons. The molecule has 0 aromatic heterocycles. The van der Waals surface area contributed by atoms with Gasteiger partial charge in [-0.1, -0.05) is 27.7 Å². The van der Waals surface area contributed by atoms with Crippen LogP contribution < -0.4 is 0 Å². The zero-order valence-electron chi connectivity index (χ0n) is 8.13. The van der Waals surface area contributed by atoms with Gasteiger partial charge in [0.15, 0.2) is 0 Å². The summed E-state index contributed by atoms with van der Waals surface area (Å²) < 4.78 is 5.54. The smallest absolute Gasteiger partial charge is 0.0844 e. The maximum absolute atomic E-state index is 5.54. The third kappa shape index (κ3) is 3.24. The molecule has 1 nitrogen and oxygen atoms in total. The van der Waals surface area contributed by atoms with Crippen LogP contribution >= 0.6 is 0 Å². The highest BCUT2D eigenvalue weighted by atomic mass is 16.6. The van der Waals surface area contributed by atoms with Gasteiger partial charge >= 0.3 is 0 Å². The fraction of sp³-hybridized carbons (Fsp3) is 1.00. The van der Waals surface area contributed by atoms with E-state index < -0.39 is 0 Å². The molecule has 1 heteroatoms. The van der Waals surface area contributed by atoms with Gasteiger partial charge in [0.05, 0.1) is 12.2 Å². The van der Waals surface area contributed by atoms with Crippen molar-refractivity contribution in [3.63, 3.8) is 0 Å². The Morgan fingerprint density at radius 1 is 0.909 bits per heavy atom. The SMILES string of the molecule is CC(C)CC1O[C@H]1CC(C)C. The van der Waals surface area contributed by atoms with E-state index in [0.717, 1.165) is 11.8 Å². The molecule has 1 heterocycles. The molecule has 0 saturated carbocycles.